The van der Waals surface area contributed by atoms with Gasteiger partial charge in [-0.15, -0.1) is 0 Å². The maximum Gasteiger partial charge on any atom is 0.117 e. The zero-order chi connectivity index (χ0) is 18.2. The van der Waals surface area contributed by atoms with Gasteiger partial charge >= 0.3 is 0 Å². The quantitative estimate of drug-likeness (QED) is 0.744. The van der Waals surface area contributed by atoms with Crippen molar-refractivity contribution >= 4 is 17.6 Å². The summed E-state index contributed by atoms with van der Waals surface area (Å²) < 4.78 is 0. The molecule has 1 unspecified atom stereocenters. The standard InChI is InChI=1S/C22H28N2O/c1-6-24-21-10-15(2)17(11-20(21)16(3)13-22(24,4)5)14-23-18-8-7-9-19(25)12-18/h7-12,14,16,25H,6,13H2,1-5H3. The molecule has 0 aliphatic carbocycles. The molecule has 1 aliphatic rings. The Kier molecular flexibility index (Phi) is 4.59. The van der Waals surface area contributed by atoms with E-state index in [0.717, 1.165) is 24.2 Å². The molecule has 0 radical (unpaired) electrons. The molecular weight excluding hydrogens is 308 g/mol. The Hall–Kier alpha value is -2.29. The number of fused-ring (bicyclic) bond motifs is 1. The summed E-state index contributed by atoms with van der Waals surface area (Å²) in [5.41, 5.74) is 6.09. The molecule has 2 aromatic rings. The number of hydrogen-bond acceptors (Lipinski definition) is 3. The van der Waals surface area contributed by atoms with Crippen LogP contribution in [0.2, 0.25) is 0 Å². The molecule has 0 saturated carbocycles. The zero-order valence-electron chi connectivity index (χ0n) is 15.9. The van der Waals surface area contributed by atoms with E-state index in [2.05, 4.69) is 56.6 Å². The molecule has 3 nitrogen and oxygen atoms in total. The van der Waals surface area contributed by atoms with E-state index in [1.54, 1.807) is 12.1 Å². The Morgan fingerprint density at radius 2 is 2.04 bits per heavy atom. The van der Waals surface area contributed by atoms with Crippen LogP contribution in [0, 0.1) is 6.92 Å². The lowest BCUT2D eigenvalue weighted by Gasteiger charge is -2.47. The fourth-order valence-corrected chi connectivity index (χ4v) is 4.11. The van der Waals surface area contributed by atoms with Gasteiger partial charge in [0.25, 0.3) is 0 Å². The third kappa shape index (κ3) is 3.41. The molecule has 1 N–H and O–H groups in total. The lowest BCUT2D eigenvalue weighted by molar-refractivity contribution is 0.381. The second kappa shape index (κ2) is 6.55. The number of aryl methyl sites for hydroxylation is 1. The van der Waals surface area contributed by atoms with E-state index in [1.807, 2.05) is 18.3 Å². The summed E-state index contributed by atoms with van der Waals surface area (Å²) in [6.45, 7) is 12.4. The molecule has 1 heterocycles. The Balaban J connectivity index is 2.00. The van der Waals surface area contributed by atoms with Crippen molar-refractivity contribution in [2.24, 2.45) is 4.99 Å². The smallest absolute Gasteiger partial charge is 0.117 e. The van der Waals surface area contributed by atoms with Crippen LogP contribution in [-0.2, 0) is 0 Å². The molecule has 3 heteroatoms. The Morgan fingerprint density at radius 3 is 2.72 bits per heavy atom. The van der Waals surface area contributed by atoms with Crippen LogP contribution in [0.5, 0.6) is 5.75 Å². The fourth-order valence-electron chi connectivity index (χ4n) is 4.11. The van der Waals surface area contributed by atoms with Crippen molar-refractivity contribution < 1.29 is 5.11 Å². The Morgan fingerprint density at radius 1 is 1.28 bits per heavy atom. The van der Waals surface area contributed by atoms with E-state index in [-0.39, 0.29) is 11.3 Å². The minimum atomic E-state index is 0.185. The minimum Gasteiger partial charge on any atom is -0.508 e. The normalized spacial score (nSPS) is 19.2. The van der Waals surface area contributed by atoms with Gasteiger partial charge in [0.1, 0.15) is 5.75 Å². The number of phenolic OH excluding ortho intramolecular Hbond substituents is 1. The molecule has 0 bridgehead atoms. The van der Waals surface area contributed by atoms with Crippen molar-refractivity contribution in [2.75, 3.05) is 11.4 Å². The molecular formula is C22H28N2O. The van der Waals surface area contributed by atoms with Crippen LogP contribution >= 0.6 is 0 Å². The number of nitrogens with zero attached hydrogens (tertiary/aromatic N) is 2. The van der Waals surface area contributed by atoms with E-state index >= 15 is 0 Å². The van der Waals surface area contributed by atoms with Crippen LogP contribution in [0.25, 0.3) is 0 Å². The van der Waals surface area contributed by atoms with Crippen LogP contribution in [-0.4, -0.2) is 23.4 Å². The fraction of sp³-hybridized carbons (Fsp3) is 0.409. The van der Waals surface area contributed by atoms with Crippen molar-refractivity contribution in [2.45, 2.75) is 52.5 Å². The SMILES string of the molecule is CCN1c2cc(C)c(C=Nc3cccc(O)c3)cc2C(C)CC1(C)C. The molecule has 0 spiro atoms. The summed E-state index contributed by atoms with van der Waals surface area (Å²) in [6.07, 6.45) is 3.06. The van der Waals surface area contributed by atoms with E-state index in [1.165, 1.54) is 16.8 Å². The average Bonchev–Trinajstić information content (AvgIpc) is 2.53. The molecule has 25 heavy (non-hydrogen) atoms. The maximum absolute atomic E-state index is 9.58. The predicted molar refractivity (Wildman–Crippen MR) is 107 cm³/mol. The summed E-state index contributed by atoms with van der Waals surface area (Å²) in [6, 6.07) is 11.6. The molecule has 1 atom stereocenters. The number of anilines is 1. The van der Waals surface area contributed by atoms with Gasteiger partial charge in [-0.1, -0.05) is 13.0 Å². The lowest BCUT2D eigenvalue weighted by Crippen LogP contribution is -2.48. The van der Waals surface area contributed by atoms with Gasteiger partial charge < -0.3 is 10.0 Å². The van der Waals surface area contributed by atoms with Gasteiger partial charge in [-0.05, 0) is 81.0 Å². The summed E-state index contributed by atoms with van der Waals surface area (Å²) in [5.74, 6) is 0.771. The minimum absolute atomic E-state index is 0.185. The largest absolute Gasteiger partial charge is 0.508 e. The van der Waals surface area contributed by atoms with Gasteiger partial charge in [0.15, 0.2) is 0 Å². The molecule has 132 valence electrons. The molecule has 3 rings (SSSR count). The number of phenols is 1. The van der Waals surface area contributed by atoms with Crippen molar-refractivity contribution in [3.8, 4) is 5.75 Å². The first-order valence-electron chi connectivity index (χ1n) is 9.07. The van der Waals surface area contributed by atoms with Crippen molar-refractivity contribution in [3.05, 3.63) is 53.1 Å². The van der Waals surface area contributed by atoms with Crippen molar-refractivity contribution in [3.63, 3.8) is 0 Å². The number of rotatable bonds is 3. The maximum atomic E-state index is 9.58. The second-order valence-corrected chi connectivity index (χ2v) is 7.71. The number of aromatic hydroxyl groups is 1. The number of hydrogen-bond donors (Lipinski definition) is 1. The third-order valence-electron chi connectivity index (χ3n) is 5.27. The van der Waals surface area contributed by atoms with Gasteiger partial charge in [0.05, 0.1) is 5.69 Å². The second-order valence-electron chi connectivity index (χ2n) is 7.71. The Labute approximate surface area is 151 Å². The van der Waals surface area contributed by atoms with Gasteiger partial charge in [-0.2, -0.15) is 0 Å². The highest BCUT2D eigenvalue weighted by Gasteiger charge is 2.35. The summed E-state index contributed by atoms with van der Waals surface area (Å²) >= 11 is 0. The molecule has 0 fully saturated rings. The van der Waals surface area contributed by atoms with Crippen LogP contribution < -0.4 is 4.90 Å². The van der Waals surface area contributed by atoms with Crippen LogP contribution in [0.3, 0.4) is 0 Å². The van der Waals surface area contributed by atoms with Gasteiger partial charge in [0, 0.05) is 30.1 Å². The molecule has 2 aromatic carbocycles. The summed E-state index contributed by atoms with van der Waals surface area (Å²) in [5, 5.41) is 9.58. The summed E-state index contributed by atoms with van der Waals surface area (Å²) in [7, 11) is 0. The van der Waals surface area contributed by atoms with Crippen LogP contribution in [0.15, 0.2) is 41.4 Å². The Bertz CT molecular complexity index is 808. The summed E-state index contributed by atoms with van der Waals surface area (Å²) in [4.78, 5) is 7.06. The number of benzene rings is 2. The topological polar surface area (TPSA) is 35.8 Å². The van der Waals surface area contributed by atoms with E-state index in [4.69, 9.17) is 0 Å². The first-order chi connectivity index (χ1) is 11.8. The third-order valence-corrected chi connectivity index (χ3v) is 5.27. The molecule has 0 saturated heterocycles. The van der Waals surface area contributed by atoms with E-state index in [9.17, 15) is 5.11 Å². The van der Waals surface area contributed by atoms with Crippen molar-refractivity contribution in [1.82, 2.24) is 0 Å². The molecule has 0 aromatic heterocycles. The van der Waals surface area contributed by atoms with Gasteiger partial charge in [-0.3, -0.25) is 4.99 Å². The van der Waals surface area contributed by atoms with E-state index < -0.39 is 0 Å². The van der Waals surface area contributed by atoms with Gasteiger partial charge in [0.2, 0.25) is 0 Å². The predicted octanol–water partition coefficient (Wildman–Crippen LogP) is 5.56. The zero-order valence-corrected chi connectivity index (χ0v) is 15.9. The van der Waals surface area contributed by atoms with Crippen LogP contribution in [0.1, 0.15) is 56.7 Å². The molecule has 1 aliphatic heterocycles. The first kappa shape index (κ1) is 17.5. The van der Waals surface area contributed by atoms with Crippen LogP contribution in [0.4, 0.5) is 11.4 Å². The molecule has 0 amide bonds. The van der Waals surface area contributed by atoms with Crippen molar-refractivity contribution in [1.29, 1.82) is 0 Å². The lowest BCUT2D eigenvalue weighted by atomic mass is 9.79. The average molecular weight is 336 g/mol. The first-order valence-corrected chi connectivity index (χ1v) is 9.07. The monoisotopic (exact) mass is 336 g/mol. The van der Waals surface area contributed by atoms with E-state index in [0.29, 0.717) is 5.92 Å². The highest BCUT2D eigenvalue weighted by molar-refractivity contribution is 5.86. The highest BCUT2D eigenvalue weighted by atomic mass is 16.3. The number of aliphatic imine (C=N–C) groups is 1. The van der Waals surface area contributed by atoms with Gasteiger partial charge in [-0.25, -0.2) is 0 Å². The highest BCUT2D eigenvalue weighted by Crippen LogP contribution is 2.44.